The number of nitrogens with one attached hydrogen (secondary N) is 1. The average Bonchev–Trinajstić information content (AvgIpc) is 3.34. The number of halogens is 2. The van der Waals surface area contributed by atoms with E-state index in [4.69, 9.17) is 4.52 Å². The van der Waals surface area contributed by atoms with Crippen molar-refractivity contribution in [2.24, 2.45) is 0 Å². The van der Waals surface area contributed by atoms with Crippen molar-refractivity contribution in [2.75, 3.05) is 5.32 Å². The van der Waals surface area contributed by atoms with Crippen molar-refractivity contribution >= 4 is 33.3 Å². The molecule has 7 nitrogen and oxygen atoms in total. The summed E-state index contributed by atoms with van der Waals surface area (Å²) in [6, 6.07) is 7.25. The minimum absolute atomic E-state index is 0.0106. The van der Waals surface area contributed by atoms with E-state index >= 15 is 0 Å². The van der Waals surface area contributed by atoms with E-state index in [-0.39, 0.29) is 18.2 Å². The molecule has 10 heteroatoms. The third-order valence-corrected chi connectivity index (χ3v) is 4.97. The smallest absolute Gasteiger partial charge is 0.320 e. The maximum absolute atomic E-state index is 13.1. The standard InChI is InChI=1S/C17H13F2N5O2S/c1-9-14(15-20-6-7-24(15)16(18)19)27-17(21-9)22-13(25)8-11-10-4-2-3-5-12(10)26-23-11/h2-7,16H,8H2,1H3,(H,21,22,25). The lowest BCUT2D eigenvalue weighted by atomic mass is 10.2. The molecule has 0 fully saturated rings. The number of imidazole rings is 1. The maximum atomic E-state index is 13.1. The van der Waals surface area contributed by atoms with E-state index in [1.165, 1.54) is 12.4 Å². The molecule has 0 unspecified atom stereocenters. The zero-order chi connectivity index (χ0) is 19.0. The first-order valence-electron chi connectivity index (χ1n) is 7.95. The van der Waals surface area contributed by atoms with Gasteiger partial charge in [-0.3, -0.25) is 9.36 Å². The zero-order valence-corrected chi connectivity index (χ0v) is 14.8. The minimum atomic E-state index is -2.71. The number of anilines is 1. The van der Waals surface area contributed by atoms with Crippen molar-refractivity contribution < 1.29 is 18.1 Å². The number of fused-ring (bicyclic) bond motifs is 1. The molecule has 4 rings (SSSR count). The summed E-state index contributed by atoms with van der Waals surface area (Å²) in [6.45, 7) is -1.03. The van der Waals surface area contributed by atoms with Gasteiger partial charge in [0.15, 0.2) is 16.5 Å². The molecule has 0 bridgehead atoms. The van der Waals surface area contributed by atoms with E-state index in [9.17, 15) is 13.6 Å². The molecule has 0 spiro atoms. The fourth-order valence-corrected chi connectivity index (χ4v) is 3.67. The van der Waals surface area contributed by atoms with Gasteiger partial charge in [0.25, 0.3) is 0 Å². The second kappa shape index (κ2) is 6.88. The Morgan fingerprint density at radius 2 is 2.19 bits per heavy atom. The van der Waals surface area contributed by atoms with Crippen LogP contribution in [0, 0.1) is 6.92 Å². The van der Waals surface area contributed by atoms with Crippen molar-refractivity contribution in [1.29, 1.82) is 0 Å². The summed E-state index contributed by atoms with van der Waals surface area (Å²) in [5.74, 6) is -0.213. The summed E-state index contributed by atoms with van der Waals surface area (Å²) in [6.07, 6.45) is 2.51. The average molecular weight is 389 g/mol. The fourth-order valence-electron chi connectivity index (χ4n) is 2.68. The van der Waals surface area contributed by atoms with Crippen molar-refractivity contribution in [1.82, 2.24) is 19.7 Å². The van der Waals surface area contributed by atoms with Crippen LogP contribution in [0.3, 0.4) is 0 Å². The van der Waals surface area contributed by atoms with E-state index < -0.39 is 6.55 Å². The number of benzene rings is 1. The molecule has 0 aliphatic heterocycles. The van der Waals surface area contributed by atoms with Crippen molar-refractivity contribution in [3.05, 3.63) is 48.0 Å². The molecule has 27 heavy (non-hydrogen) atoms. The Labute approximate surface area is 155 Å². The van der Waals surface area contributed by atoms with E-state index in [0.717, 1.165) is 21.3 Å². The fraction of sp³-hybridized carbons (Fsp3) is 0.176. The van der Waals surface area contributed by atoms with Gasteiger partial charge in [-0.2, -0.15) is 8.78 Å². The molecule has 0 saturated carbocycles. The van der Waals surface area contributed by atoms with Gasteiger partial charge in [-0.1, -0.05) is 28.6 Å². The molecule has 0 saturated heterocycles. The molecule has 3 heterocycles. The zero-order valence-electron chi connectivity index (χ0n) is 14.0. The van der Waals surface area contributed by atoms with Gasteiger partial charge < -0.3 is 9.84 Å². The molecule has 3 aromatic heterocycles. The SMILES string of the molecule is Cc1nc(NC(=O)Cc2noc3ccccc23)sc1-c1nccn1C(F)F. The predicted molar refractivity (Wildman–Crippen MR) is 95.7 cm³/mol. The summed E-state index contributed by atoms with van der Waals surface area (Å²) in [4.78, 5) is 21.0. The molecule has 0 radical (unpaired) electrons. The number of hydrogen-bond donors (Lipinski definition) is 1. The van der Waals surface area contributed by atoms with Crippen LogP contribution in [0.5, 0.6) is 0 Å². The number of amides is 1. The normalized spacial score (nSPS) is 11.4. The van der Waals surface area contributed by atoms with Crippen molar-refractivity contribution in [3.8, 4) is 10.7 Å². The van der Waals surface area contributed by atoms with E-state index in [0.29, 0.717) is 27.0 Å². The van der Waals surface area contributed by atoms with Crippen LogP contribution < -0.4 is 5.32 Å². The Kier molecular flexibility index (Phi) is 4.40. The van der Waals surface area contributed by atoms with Gasteiger partial charge >= 0.3 is 6.55 Å². The summed E-state index contributed by atoms with van der Waals surface area (Å²) in [7, 11) is 0. The highest BCUT2D eigenvalue weighted by Gasteiger charge is 2.20. The van der Waals surface area contributed by atoms with Crippen LogP contribution in [-0.4, -0.2) is 25.6 Å². The first kappa shape index (κ1) is 17.3. The second-order valence-electron chi connectivity index (χ2n) is 5.72. The number of alkyl halides is 2. The third kappa shape index (κ3) is 3.31. The number of rotatable bonds is 5. The summed E-state index contributed by atoms with van der Waals surface area (Å²) in [5.41, 5.74) is 1.63. The Morgan fingerprint density at radius 1 is 1.37 bits per heavy atom. The predicted octanol–water partition coefficient (Wildman–Crippen LogP) is 4.03. The van der Waals surface area contributed by atoms with Gasteiger partial charge in [0.2, 0.25) is 5.91 Å². The van der Waals surface area contributed by atoms with E-state index in [2.05, 4.69) is 20.4 Å². The van der Waals surface area contributed by atoms with Crippen LogP contribution in [0.15, 0.2) is 41.2 Å². The number of carbonyl (C=O) groups excluding carboxylic acids is 1. The number of nitrogens with zero attached hydrogens (tertiary/aromatic N) is 4. The Morgan fingerprint density at radius 3 is 3.00 bits per heavy atom. The Balaban J connectivity index is 1.53. The second-order valence-corrected chi connectivity index (χ2v) is 6.72. The lowest BCUT2D eigenvalue weighted by Crippen LogP contribution is -2.14. The van der Waals surface area contributed by atoms with Gasteiger partial charge in [-0.15, -0.1) is 0 Å². The van der Waals surface area contributed by atoms with Crippen molar-refractivity contribution in [3.63, 3.8) is 0 Å². The quantitative estimate of drug-likeness (QED) is 0.557. The highest BCUT2D eigenvalue weighted by atomic mass is 32.1. The van der Waals surface area contributed by atoms with Crippen LogP contribution >= 0.6 is 11.3 Å². The van der Waals surface area contributed by atoms with Gasteiger partial charge in [0.1, 0.15) is 5.69 Å². The molecular formula is C17H13F2N5O2S. The van der Waals surface area contributed by atoms with Crippen LogP contribution in [0.4, 0.5) is 13.9 Å². The molecule has 1 aromatic carbocycles. The van der Waals surface area contributed by atoms with Crippen LogP contribution in [0.25, 0.3) is 21.7 Å². The van der Waals surface area contributed by atoms with Gasteiger partial charge in [-0.25, -0.2) is 9.97 Å². The highest BCUT2D eigenvalue weighted by molar-refractivity contribution is 7.19. The molecule has 0 atom stereocenters. The third-order valence-electron chi connectivity index (χ3n) is 3.91. The molecule has 138 valence electrons. The van der Waals surface area contributed by atoms with E-state index in [1.54, 1.807) is 13.0 Å². The molecule has 0 aliphatic rings. The first-order chi connectivity index (χ1) is 13.0. The summed E-state index contributed by atoms with van der Waals surface area (Å²) < 4.78 is 32.1. The number of aryl methyl sites for hydroxylation is 1. The number of carbonyl (C=O) groups is 1. The highest BCUT2D eigenvalue weighted by Crippen LogP contribution is 2.33. The van der Waals surface area contributed by atoms with Crippen molar-refractivity contribution in [2.45, 2.75) is 19.9 Å². The molecule has 1 N–H and O–H groups in total. The first-order valence-corrected chi connectivity index (χ1v) is 8.76. The van der Waals surface area contributed by atoms with Crippen LogP contribution in [0.2, 0.25) is 0 Å². The van der Waals surface area contributed by atoms with Crippen LogP contribution in [0.1, 0.15) is 17.9 Å². The van der Waals surface area contributed by atoms with Gasteiger partial charge in [0.05, 0.1) is 17.0 Å². The summed E-state index contributed by atoms with van der Waals surface area (Å²) in [5, 5.41) is 7.68. The van der Waals surface area contributed by atoms with Gasteiger partial charge in [-0.05, 0) is 19.1 Å². The van der Waals surface area contributed by atoms with Crippen LogP contribution in [-0.2, 0) is 11.2 Å². The van der Waals surface area contributed by atoms with Gasteiger partial charge in [0, 0.05) is 17.8 Å². The number of aromatic nitrogens is 4. The topological polar surface area (TPSA) is 85.8 Å². The molecular weight excluding hydrogens is 376 g/mol. The van der Waals surface area contributed by atoms with E-state index in [1.807, 2.05) is 18.2 Å². The molecule has 1 amide bonds. The monoisotopic (exact) mass is 389 g/mol. The maximum Gasteiger partial charge on any atom is 0.320 e. The lowest BCUT2D eigenvalue weighted by molar-refractivity contribution is -0.115. The Bertz CT molecular complexity index is 1120. The minimum Gasteiger partial charge on any atom is -0.356 e. The molecule has 0 aliphatic carbocycles. The summed E-state index contributed by atoms with van der Waals surface area (Å²) >= 11 is 1.09. The number of hydrogen-bond acceptors (Lipinski definition) is 6. The number of para-hydroxylation sites is 1. The largest absolute Gasteiger partial charge is 0.356 e. The number of thiazole rings is 1. The molecule has 4 aromatic rings. The lowest BCUT2D eigenvalue weighted by Gasteiger charge is -2.04. The Hall–Kier alpha value is -3.14.